The van der Waals surface area contributed by atoms with Gasteiger partial charge in [-0.25, -0.2) is 4.39 Å². The summed E-state index contributed by atoms with van der Waals surface area (Å²) in [5, 5.41) is 10.6. The van der Waals surface area contributed by atoms with Crippen molar-refractivity contribution in [2.24, 2.45) is 5.92 Å². The third-order valence-corrected chi connectivity index (χ3v) is 2.13. The third-order valence-electron chi connectivity index (χ3n) is 2.13. The summed E-state index contributed by atoms with van der Waals surface area (Å²) in [5.41, 5.74) is -0.358. The molecule has 0 saturated carbocycles. The molecule has 0 bridgehead atoms. The maximum atomic E-state index is 12.9. The molecule has 17 heavy (non-hydrogen) atoms. The van der Waals surface area contributed by atoms with Crippen LogP contribution in [0.1, 0.15) is 13.8 Å². The minimum absolute atomic E-state index is 0.205. The van der Waals surface area contributed by atoms with E-state index in [0.717, 1.165) is 18.2 Å². The van der Waals surface area contributed by atoms with Crippen LogP contribution in [-0.4, -0.2) is 17.3 Å². The summed E-state index contributed by atoms with van der Waals surface area (Å²) in [5.74, 6) is -1.32. The average molecular weight is 241 g/mol. The number of hydrogen-bond acceptors (Lipinski definition) is 4. The van der Waals surface area contributed by atoms with Crippen molar-refractivity contribution in [2.45, 2.75) is 13.8 Å². The molecule has 0 spiro atoms. The first-order chi connectivity index (χ1) is 7.91. The molecule has 6 heteroatoms. The Hall–Kier alpha value is -1.98. The van der Waals surface area contributed by atoms with Gasteiger partial charge < -0.3 is 4.74 Å². The van der Waals surface area contributed by atoms with Crippen LogP contribution >= 0.6 is 0 Å². The topological polar surface area (TPSA) is 69.4 Å². The molecule has 0 aliphatic rings. The van der Waals surface area contributed by atoms with Crippen LogP contribution in [0.25, 0.3) is 0 Å². The summed E-state index contributed by atoms with van der Waals surface area (Å²) in [4.78, 5) is 21.2. The van der Waals surface area contributed by atoms with Crippen LogP contribution < -0.4 is 4.74 Å². The van der Waals surface area contributed by atoms with Gasteiger partial charge >= 0.3 is 5.69 Å². The number of benzene rings is 1. The summed E-state index contributed by atoms with van der Waals surface area (Å²) in [7, 11) is 0. The molecule has 0 aromatic heterocycles. The second-order valence-electron chi connectivity index (χ2n) is 3.78. The number of nitro groups is 1. The monoisotopic (exact) mass is 241 g/mol. The number of nitrogens with zero attached hydrogens (tertiary/aromatic N) is 1. The van der Waals surface area contributed by atoms with Gasteiger partial charge in [0.2, 0.25) is 0 Å². The number of carbonyl (C=O) groups is 1. The number of halogens is 1. The maximum Gasteiger partial charge on any atom is 0.311 e. The van der Waals surface area contributed by atoms with E-state index >= 15 is 0 Å². The molecule has 0 aliphatic carbocycles. The average Bonchev–Trinajstić information content (AvgIpc) is 2.25. The Morgan fingerprint density at radius 2 is 2.18 bits per heavy atom. The normalized spacial score (nSPS) is 10.4. The maximum absolute atomic E-state index is 12.9. The lowest BCUT2D eigenvalue weighted by atomic mass is 10.1. The molecule has 0 fully saturated rings. The predicted octanol–water partition coefficient (Wildman–Crippen LogP) is 2.34. The second-order valence-corrected chi connectivity index (χ2v) is 3.78. The molecule has 1 rings (SSSR count). The fraction of sp³-hybridized carbons (Fsp3) is 0.364. The van der Waals surface area contributed by atoms with E-state index in [2.05, 4.69) is 0 Å². The van der Waals surface area contributed by atoms with Gasteiger partial charge in [0.1, 0.15) is 12.4 Å². The molecule has 0 radical (unpaired) electrons. The SMILES string of the molecule is CC(C)C(=O)COc1cc(F)ccc1[N+](=O)[O-]. The molecule has 5 nitrogen and oxygen atoms in total. The predicted molar refractivity (Wildman–Crippen MR) is 58.4 cm³/mol. The Morgan fingerprint density at radius 3 is 2.71 bits per heavy atom. The van der Waals surface area contributed by atoms with E-state index in [-0.39, 0.29) is 29.7 Å². The number of ether oxygens (including phenoxy) is 1. The lowest BCUT2D eigenvalue weighted by molar-refractivity contribution is -0.385. The zero-order chi connectivity index (χ0) is 13.0. The lowest BCUT2D eigenvalue weighted by Gasteiger charge is -2.07. The molecule has 0 heterocycles. The van der Waals surface area contributed by atoms with E-state index in [1.165, 1.54) is 0 Å². The van der Waals surface area contributed by atoms with Crippen LogP contribution in [0.3, 0.4) is 0 Å². The fourth-order valence-electron chi connectivity index (χ4n) is 1.07. The van der Waals surface area contributed by atoms with Crippen molar-refractivity contribution in [1.29, 1.82) is 0 Å². The first kappa shape index (κ1) is 13.1. The highest BCUT2D eigenvalue weighted by Gasteiger charge is 2.17. The van der Waals surface area contributed by atoms with Crippen LogP contribution in [0.2, 0.25) is 0 Å². The van der Waals surface area contributed by atoms with Crippen molar-refractivity contribution >= 4 is 11.5 Å². The molecular formula is C11H12FNO4. The molecule has 0 N–H and O–H groups in total. The third kappa shape index (κ3) is 3.51. The van der Waals surface area contributed by atoms with Crippen LogP contribution in [0.4, 0.5) is 10.1 Å². The number of ketones is 1. The van der Waals surface area contributed by atoms with Gasteiger partial charge in [0.25, 0.3) is 0 Å². The van der Waals surface area contributed by atoms with E-state index in [9.17, 15) is 19.3 Å². The summed E-state index contributed by atoms with van der Waals surface area (Å²) in [6, 6.07) is 2.87. The summed E-state index contributed by atoms with van der Waals surface area (Å²) in [6.07, 6.45) is 0. The first-order valence-electron chi connectivity index (χ1n) is 5.01. The molecule has 0 aliphatic heterocycles. The first-order valence-corrected chi connectivity index (χ1v) is 5.01. The Bertz CT molecular complexity index is 445. The molecule has 1 aromatic carbocycles. The Morgan fingerprint density at radius 1 is 1.53 bits per heavy atom. The molecule has 0 amide bonds. The molecule has 0 atom stereocenters. The van der Waals surface area contributed by atoms with Crippen molar-refractivity contribution < 1.29 is 18.8 Å². The smallest absolute Gasteiger partial charge is 0.311 e. The van der Waals surface area contributed by atoms with E-state index < -0.39 is 10.7 Å². The largest absolute Gasteiger partial charge is 0.479 e. The summed E-state index contributed by atoms with van der Waals surface area (Å²) < 4.78 is 17.9. The number of hydrogen-bond donors (Lipinski definition) is 0. The van der Waals surface area contributed by atoms with Crippen molar-refractivity contribution in [1.82, 2.24) is 0 Å². The molecular weight excluding hydrogens is 229 g/mol. The van der Waals surface area contributed by atoms with Crippen molar-refractivity contribution in [3.8, 4) is 5.75 Å². The minimum atomic E-state index is -0.686. The van der Waals surface area contributed by atoms with Crippen LogP contribution in [0.15, 0.2) is 18.2 Å². The number of Topliss-reactive ketones (excluding diaryl/α,β-unsaturated/α-hetero) is 1. The van der Waals surface area contributed by atoms with E-state index in [4.69, 9.17) is 4.74 Å². The number of nitro benzene ring substituents is 1. The minimum Gasteiger partial charge on any atom is -0.479 e. The van der Waals surface area contributed by atoms with Crippen LogP contribution in [-0.2, 0) is 4.79 Å². The second kappa shape index (κ2) is 5.38. The van der Waals surface area contributed by atoms with Crippen molar-refractivity contribution in [3.63, 3.8) is 0 Å². The highest BCUT2D eigenvalue weighted by atomic mass is 19.1. The van der Waals surface area contributed by atoms with E-state index in [1.54, 1.807) is 13.8 Å². The van der Waals surface area contributed by atoms with Crippen LogP contribution in [0, 0.1) is 21.8 Å². The summed E-state index contributed by atoms with van der Waals surface area (Å²) >= 11 is 0. The molecule has 92 valence electrons. The van der Waals surface area contributed by atoms with Crippen molar-refractivity contribution in [2.75, 3.05) is 6.61 Å². The van der Waals surface area contributed by atoms with Gasteiger partial charge in [0, 0.05) is 18.1 Å². The quantitative estimate of drug-likeness (QED) is 0.586. The van der Waals surface area contributed by atoms with Gasteiger partial charge in [-0.15, -0.1) is 0 Å². The number of rotatable bonds is 5. The van der Waals surface area contributed by atoms with Gasteiger partial charge in [-0.05, 0) is 6.07 Å². The van der Waals surface area contributed by atoms with Crippen LogP contribution in [0.5, 0.6) is 5.75 Å². The van der Waals surface area contributed by atoms with Gasteiger partial charge in [-0.2, -0.15) is 0 Å². The molecule has 1 aromatic rings. The zero-order valence-corrected chi connectivity index (χ0v) is 9.47. The van der Waals surface area contributed by atoms with Gasteiger partial charge in [0.15, 0.2) is 11.5 Å². The highest BCUT2D eigenvalue weighted by Crippen LogP contribution is 2.27. The van der Waals surface area contributed by atoms with Gasteiger partial charge in [-0.3, -0.25) is 14.9 Å². The zero-order valence-electron chi connectivity index (χ0n) is 9.47. The Labute approximate surface area is 97.3 Å². The van der Waals surface area contributed by atoms with Gasteiger partial charge in [0.05, 0.1) is 4.92 Å². The van der Waals surface area contributed by atoms with E-state index in [0.29, 0.717) is 0 Å². The Balaban J connectivity index is 2.86. The highest BCUT2D eigenvalue weighted by molar-refractivity contribution is 5.81. The van der Waals surface area contributed by atoms with Gasteiger partial charge in [-0.1, -0.05) is 13.8 Å². The lowest BCUT2D eigenvalue weighted by Crippen LogP contribution is -2.17. The van der Waals surface area contributed by atoms with E-state index in [1.807, 2.05) is 0 Å². The Kier molecular flexibility index (Phi) is 4.14. The van der Waals surface area contributed by atoms with Crippen molar-refractivity contribution in [3.05, 3.63) is 34.1 Å². The number of carbonyl (C=O) groups excluding carboxylic acids is 1. The summed E-state index contributed by atoms with van der Waals surface area (Å²) in [6.45, 7) is 3.07. The molecule has 0 unspecified atom stereocenters. The molecule has 0 saturated heterocycles. The standard InChI is InChI=1S/C11H12FNO4/c1-7(2)10(14)6-17-11-5-8(12)3-4-9(11)13(15)16/h3-5,7H,6H2,1-2H3. The fourth-order valence-corrected chi connectivity index (χ4v) is 1.07.